The fraction of sp³-hybridized carbons (Fsp3) is 0.786. The van der Waals surface area contributed by atoms with E-state index in [0.717, 1.165) is 25.3 Å². The van der Waals surface area contributed by atoms with E-state index >= 15 is 0 Å². The van der Waals surface area contributed by atoms with Crippen molar-refractivity contribution in [1.82, 2.24) is 15.1 Å². The summed E-state index contributed by atoms with van der Waals surface area (Å²) in [6.07, 6.45) is 0.314. The number of hydrogen-bond acceptors (Lipinski definition) is 2. The minimum absolute atomic E-state index is 0. The minimum atomic E-state index is -4.14. The lowest BCUT2D eigenvalue weighted by atomic mass is 10.3. The van der Waals surface area contributed by atoms with Crippen LogP contribution in [0.4, 0.5) is 13.2 Å². The smallest absolute Gasteiger partial charge is 0.356 e. The molecule has 8 heteroatoms. The number of unbranched alkanes of at least 4 members (excludes halogenated alkanes) is 1. The molecule has 0 heterocycles. The molecule has 0 aromatic rings. The van der Waals surface area contributed by atoms with Crippen molar-refractivity contribution >= 4 is 29.9 Å². The van der Waals surface area contributed by atoms with E-state index in [9.17, 15) is 13.2 Å². The van der Waals surface area contributed by atoms with Crippen molar-refractivity contribution in [3.05, 3.63) is 12.7 Å². The van der Waals surface area contributed by atoms with E-state index in [2.05, 4.69) is 16.9 Å². The molecule has 0 bridgehead atoms. The summed E-state index contributed by atoms with van der Waals surface area (Å²) in [7, 11) is 5.11. The zero-order valence-electron chi connectivity index (χ0n) is 13.6. The number of guanidine groups is 1. The van der Waals surface area contributed by atoms with Crippen molar-refractivity contribution in [2.75, 3.05) is 47.3 Å². The maximum Gasteiger partial charge on any atom is 0.401 e. The van der Waals surface area contributed by atoms with Gasteiger partial charge in [-0.3, -0.25) is 9.89 Å². The molecule has 132 valence electrons. The van der Waals surface area contributed by atoms with Gasteiger partial charge in [-0.25, -0.2) is 0 Å². The van der Waals surface area contributed by atoms with Gasteiger partial charge in [-0.05, 0) is 32.9 Å². The van der Waals surface area contributed by atoms with Gasteiger partial charge in [-0.15, -0.1) is 30.6 Å². The van der Waals surface area contributed by atoms with Crippen molar-refractivity contribution < 1.29 is 13.2 Å². The van der Waals surface area contributed by atoms with Gasteiger partial charge in [0.1, 0.15) is 0 Å². The molecule has 0 saturated carbocycles. The summed E-state index contributed by atoms with van der Waals surface area (Å²) in [5.41, 5.74) is 0. The summed E-state index contributed by atoms with van der Waals surface area (Å²) in [6, 6.07) is 0. The highest BCUT2D eigenvalue weighted by Gasteiger charge is 2.28. The molecule has 0 unspecified atom stereocenters. The second-order valence-electron chi connectivity index (χ2n) is 5.03. The van der Waals surface area contributed by atoms with Gasteiger partial charge >= 0.3 is 6.18 Å². The molecule has 0 saturated heterocycles. The van der Waals surface area contributed by atoms with Crippen LogP contribution in [0.15, 0.2) is 17.6 Å². The molecular weight excluding hydrogens is 408 g/mol. The lowest BCUT2D eigenvalue weighted by molar-refractivity contribution is -0.143. The molecule has 0 rings (SSSR count). The summed E-state index contributed by atoms with van der Waals surface area (Å²) >= 11 is 0. The van der Waals surface area contributed by atoms with Crippen LogP contribution in [-0.2, 0) is 0 Å². The Morgan fingerprint density at radius 1 is 1.23 bits per heavy atom. The molecule has 0 fully saturated rings. The molecule has 0 aromatic carbocycles. The third-order valence-corrected chi connectivity index (χ3v) is 2.92. The fourth-order valence-electron chi connectivity index (χ4n) is 1.90. The molecule has 0 aliphatic heterocycles. The summed E-state index contributed by atoms with van der Waals surface area (Å²) in [5, 5.41) is 3.16. The molecular formula is C14H28F3IN4. The lowest BCUT2D eigenvalue weighted by Crippen LogP contribution is -2.40. The summed E-state index contributed by atoms with van der Waals surface area (Å²) in [4.78, 5) is 7.43. The van der Waals surface area contributed by atoms with E-state index in [1.165, 1.54) is 11.9 Å². The van der Waals surface area contributed by atoms with E-state index in [0.29, 0.717) is 19.5 Å². The van der Waals surface area contributed by atoms with Crippen LogP contribution >= 0.6 is 24.0 Å². The molecule has 22 heavy (non-hydrogen) atoms. The summed E-state index contributed by atoms with van der Waals surface area (Å²) in [6.45, 7) is 4.66. The van der Waals surface area contributed by atoms with Gasteiger partial charge in [-0.1, -0.05) is 6.08 Å². The Balaban J connectivity index is 0. The zero-order chi connectivity index (χ0) is 16.3. The Morgan fingerprint density at radius 2 is 1.86 bits per heavy atom. The Kier molecular flexibility index (Phi) is 14.0. The van der Waals surface area contributed by atoms with Gasteiger partial charge in [0.15, 0.2) is 5.96 Å². The molecule has 0 aromatic heterocycles. The standard InChI is InChI=1S/C14H27F3N4.HI/c1-5-6-7-11-21(4)13(18-2)19-9-8-10-20(3)12-14(15,16)17;/h5H,1,6-12H2,2-4H3,(H,18,19);1H. The first kappa shape index (κ1) is 23.8. The van der Waals surface area contributed by atoms with Crippen LogP contribution in [0.3, 0.4) is 0 Å². The number of rotatable bonds is 9. The first-order valence-corrected chi connectivity index (χ1v) is 7.08. The van der Waals surface area contributed by atoms with E-state index in [1.54, 1.807) is 7.05 Å². The fourth-order valence-corrected chi connectivity index (χ4v) is 1.90. The van der Waals surface area contributed by atoms with Crippen LogP contribution < -0.4 is 5.32 Å². The summed E-state index contributed by atoms with van der Waals surface area (Å²) < 4.78 is 36.5. The van der Waals surface area contributed by atoms with E-state index in [1.807, 2.05) is 18.0 Å². The first-order valence-electron chi connectivity index (χ1n) is 7.08. The van der Waals surface area contributed by atoms with Crippen molar-refractivity contribution in [2.24, 2.45) is 4.99 Å². The molecule has 0 aliphatic carbocycles. The number of nitrogens with one attached hydrogen (secondary N) is 1. The van der Waals surface area contributed by atoms with Crippen molar-refractivity contribution in [2.45, 2.75) is 25.4 Å². The molecule has 1 N–H and O–H groups in total. The van der Waals surface area contributed by atoms with Crippen LogP contribution in [0, 0.1) is 0 Å². The largest absolute Gasteiger partial charge is 0.401 e. The molecule has 0 radical (unpaired) electrons. The third kappa shape index (κ3) is 13.2. The number of allylic oxidation sites excluding steroid dienone is 1. The van der Waals surface area contributed by atoms with Gasteiger partial charge in [-0.2, -0.15) is 13.2 Å². The van der Waals surface area contributed by atoms with Gasteiger partial charge in [0.2, 0.25) is 0 Å². The monoisotopic (exact) mass is 436 g/mol. The zero-order valence-corrected chi connectivity index (χ0v) is 15.9. The van der Waals surface area contributed by atoms with Crippen molar-refractivity contribution in [3.8, 4) is 0 Å². The minimum Gasteiger partial charge on any atom is -0.356 e. The van der Waals surface area contributed by atoms with Crippen LogP contribution in [0.1, 0.15) is 19.3 Å². The maximum atomic E-state index is 12.2. The molecule has 0 spiro atoms. The maximum absolute atomic E-state index is 12.2. The number of alkyl halides is 3. The first-order chi connectivity index (χ1) is 9.80. The van der Waals surface area contributed by atoms with Gasteiger partial charge in [0.05, 0.1) is 6.54 Å². The molecule has 4 nitrogen and oxygen atoms in total. The number of halogens is 4. The predicted molar refractivity (Wildman–Crippen MR) is 97.0 cm³/mol. The van der Waals surface area contributed by atoms with Crippen LogP contribution in [0.5, 0.6) is 0 Å². The Morgan fingerprint density at radius 3 is 2.36 bits per heavy atom. The molecule has 0 atom stereocenters. The average Bonchev–Trinajstić information content (AvgIpc) is 2.36. The van der Waals surface area contributed by atoms with E-state index in [4.69, 9.17) is 0 Å². The second kappa shape index (κ2) is 13.0. The highest BCUT2D eigenvalue weighted by molar-refractivity contribution is 14.0. The third-order valence-electron chi connectivity index (χ3n) is 2.92. The Labute approximate surface area is 148 Å². The normalized spacial score (nSPS) is 12.0. The Bertz CT molecular complexity index is 322. The number of nitrogens with zero attached hydrogens (tertiary/aromatic N) is 3. The summed E-state index contributed by atoms with van der Waals surface area (Å²) in [5.74, 6) is 0.762. The van der Waals surface area contributed by atoms with Gasteiger partial charge < -0.3 is 10.2 Å². The molecule has 0 aliphatic rings. The predicted octanol–water partition coefficient (Wildman–Crippen LogP) is 2.96. The van der Waals surface area contributed by atoms with E-state index in [-0.39, 0.29) is 24.0 Å². The SMILES string of the molecule is C=CCCCN(C)C(=NC)NCCCN(C)CC(F)(F)F.I. The average molecular weight is 436 g/mol. The van der Waals surface area contributed by atoms with Crippen LogP contribution in [0.25, 0.3) is 0 Å². The lowest BCUT2D eigenvalue weighted by Gasteiger charge is -2.23. The highest BCUT2D eigenvalue weighted by Crippen LogP contribution is 2.15. The van der Waals surface area contributed by atoms with Crippen molar-refractivity contribution in [1.29, 1.82) is 0 Å². The van der Waals surface area contributed by atoms with Gasteiger partial charge in [0, 0.05) is 27.2 Å². The van der Waals surface area contributed by atoms with Crippen molar-refractivity contribution in [3.63, 3.8) is 0 Å². The van der Waals surface area contributed by atoms with Crippen LogP contribution in [-0.4, -0.2) is 69.3 Å². The number of aliphatic imine (C=N–C) groups is 1. The number of hydrogen-bond donors (Lipinski definition) is 1. The van der Waals surface area contributed by atoms with E-state index < -0.39 is 12.7 Å². The topological polar surface area (TPSA) is 30.9 Å². The van der Waals surface area contributed by atoms with Crippen LogP contribution in [0.2, 0.25) is 0 Å². The quantitative estimate of drug-likeness (QED) is 0.198. The second-order valence-corrected chi connectivity index (χ2v) is 5.03. The van der Waals surface area contributed by atoms with Gasteiger partial charge in [0.25, 0.3) is 0 Å². The molecule has 0 amide bonds. The Hall–Kier alpha value is -0.510. The highest BCUT2D eigenvalue weighted by atomic mass is 127.